The van der Waals surface area contributed by atoms with Crippen molar-refractivity contribution in [3.63, 3.8) is 0 Å². The molecular weight excluding hydrogens is 370 g/mol. The molecule has 144 valence electrons. The lowest BCUT2D eigenvalue weighted by atomic mass is 10.1. The number of amides is 1. The standard InChI is InChI=1S/C19H21NO6S/c1-5-26-13-8-6-12(7-9-13)10-14(21)20-17-15(18(22)24-3)11(2)16(27-17)19(23)25-4/h6-9H,5,10H2,1-4H3,(H,20,21). The number of anilines is 1. The van der Waals surface area contributed by atoms with E-state index in [1.807, 2.05) is 6.92 Å². The Morgan fingerprint density at radius 3 is 2.22 bits per heavy atom. The molecule has 27 heavy (non-hydrogen) atoms. The maximum Gasteiger partial charge on any atom is 0.348 e. The summed E-state index contributed by atoms with van der Waals surface area (Å²) in [6, 6.07) is 7.17. The number of methoxy groups -OCH3 is 2. The van der Waals surface area contributed by atoms with Crippen molar-refractivity contribution in [3.8, 4) is 5.75 Å². The summed E-state index contributed by atoms with van der Waals surface area (Å²) in [5, 5.41) is 2.95. The van der Waals surface area contributed by atoms with Gasteiger partial charge < -0.3 is 19.5 Å². The van der Waals surface area contributed by atoms with Crippen molar-refractivity contribution in [2.75, 3.05) is 26.1 Å². The fourth-order valence-electron chi connectivity index (χ4n) is 2.46. The van der Waals surface area contributed by atoms with Gasteiger partial charge in [0, 0.05) is 0 Å². The number of carbonyl (C=O) groups is 3. The highest BCUT2D eigenvalue weighted by atomic mass is 32.1. The van der Waals surface area contributed by atoms with Gasteiger partial charge in [0.05, 0.1) is 32.8 Å². The number of benzene rings is 1. The minimum atomic E-state index is -0.629. The Kier molecular flexibility index (Phi) is 6.95. The van der Waals surface area contributed by atoms with Crippen LogP contribution in [0.3, 0.4) is 0 Å². The van der Waals surface area contributed by atoms with E-state index in [-0.39, 0.29) is 27.8 Å². The van der Waals surface area contributed by atoms with Crippen molar-refractivity contribution in [1.29, 1.82) is 0 Å². The van der Waals surface area contributed by atoms with Crippen molar-refractivity contribution >= 4 is 34.2 Å². The first kappa shape index (κ1) is 20.4. The quantitative estimate of drug-likeness (QED) is 0.729. The number of nitrogens with one attached hydrogen (secondary N) is 1. The van der Waals surface area contributed by atoms with E-state index in [0.29, 0.717) is 12.2 Å². The van der Waals surface area contributed by atoms with Crippen LogP contribution >= 0.6 is 11.3 Å². The molecule has 0 saturated carbocycles. The first-order valence-electron chi connectivity index (χ1n) is 8.22. The molecule has 1 N–H and O–H groups in total. The average molecular weight is 391 g/mol. The largest absolute Gasteiger partial charge is 0.494 e. The number of thiophene rings is 1. The monoisotopic (exact) mass is 391 g/mol. The second kappa shape index (κ2) is 9.18. The number of carbonyl (C=O) groups excluding carboxylic acids is 3. The molecule has 8 heteroatoms. The lowest BCUT2D eigenvalue weighted by Gasteiger charge is -2.07. The Morgan fingerprint density at radius 2 is 1.67 bits per heavy atom. The zero-order valence-corrected chi connectivity index (χ0v) is 16.4. The van der Waals surface area contributed by atoms with Crippen LogP contribution in [0.2, 0.25) is 0 Å². The predicted molar refractivity (Wildman–Crippen MR) is 102 cm³/mol. The third-order valence-electron chi connectivity index (χ3n) is 3.76. The summed E-state index contributed by atoms with van der Waals surface area (Å²) in [7, 11) is 2.49. The van der Waals surface area contributed by atoms with Gasteiger partial charge in [-0.15, -0.1) is 11.3 Å². The van der Waals surface area contributed by atoms with Gasteiger partial charge >= 0.3 is 11.9 Å². The van der Waals surface area contributed by atoms with E-state index in [0.717, 1.165) is 22.6 Å². The van der Waals surface area contributed by atoms with Crippen molar-refractivity contribution in [2.45, 2.75) is 20.3 Å². The Labute approximate surface area is 161 Å². The second-order valence-electron chi connectivity index (χ2n) is 5.55. The molecule has 0 spiro atoms. The SMILES string of the molecule is CCOc1ccc(CC(=O)Nc2sc(C(=O)OC)c(C)c2C(=O)OC)cc1. The van der Waals surface area contributed by atoms with Gasteiger partial charge in [-0.25, -0.2) is 9.59 Å². The summed E-state index contributed by atoms with van der Waals surface area (Å²) < 4.78 is 14.9. The number of hydrogen-bond acceptors (Lipinski definition) is 7. The Bertz CT molecular complexity index is 841. The van der Waals surface area contributed by atoms with Crippen molar-refractivity contribution in [1.82, 2.24) is 0 Å². The minimum absolute atomic E-state index is 0.109. The van der Waals surface area contributed by atoms with Crippen LogP contribution in [0.1, 0.15) is 38.1 Å². The van der Waals surface area contributed by atoms with Crippen LogP contribution < -0.4 is 10.1 Å². The molecule has 1 aromatic carbocycles. The van der Waals surface area contributed by atoms with Crippen LogP contribution in [0.15, 0.2) is 24.3 Å². The molecule has 2 aromatic rings. The topological polar surface area (TPSA) is 90.9 Å². The molecule has 0 aliphatic rings. The molecule has 0 radical (unpaired) electrons. The van der Waals surface area contributed by atoms with E-state index in [4.69, 9.17) is 14.2 Å². The zero-order valence-electron chi connectivity index (χ0n) is 15.6. The molecule has 1 aromatic heterocycles. The van der Waals surface area contributed by atoms with E-state index in [2.05, 4.69) is 5.32 Å². The van der Waals surface area contributed by atoms with Crippen LogP contribution in [0, 0.1) is 6.92 Å². The van der Waals surface area contributed by atoms with Gasteiger partial charge in [0.1, 0.15) is 15.6 Å². The zero-order chi connectivity index (χ0) is 20.0. The van der Waals surface area contributed by atoms with Gasteiger partial charge in [-0.1, -0.05) is 12.1 Å². The summed E-state index contributed by atoms with van der Waals surface area (Å²) >= 11 is 0.983. The van der Waals surface area contributed by atoms with E-state index in [9.17, 15) is 14.4 Å². The van der Waals surface area contributed by atoms with E-state index in [1.54, 1.807) is 31.2 Å². The second-order valence-corrected chi connectivity index (χ2v) is 6.57. The summed E-state index contributed by atoms with van der Waals surface area (Å²) in [5.41, 5.74) is 1.36. The first-order valence-corrected chi connectivity index (χ1v) is 9.04. The van der Waals surface area contributed by atoms with Crippen LogP contribution in [0.5, 0.6) is 5.75 Å². The van der Waals surface area contributed by atoms with Gasteiger partial charge in [-0.05, 0) is 37.1 Å². The van der Waals surface area contributed by atoms with Crippen LogP contribution in [-0.2, 0) is 20.7 Å². The van der Waals surface area contributed by atoms with Gasteiger partial charge in [0.2, 0.25) is 5.91 Å². The van der Waals surface area contributed by atoms with Crippen molar-refractivity contribution < 1.29 is 28.6 Å². The molecule has 7 nitrogen and oxygen atoms in total. The predicted octanol–water partition coefficient (Wildman–Crippen LogP) is 3.21. The normalized spacial score (nSPS) is 10.2. The van der Waals surface area contributed by atoms with E-state index >= 15 is 0 Å². The van der Waals surface area contributed by atoms with Crippen LogP contribution in [0.25, 0.3) is 0 Å². The number of esters is 2. The third-order valence-corrected chi connectivity index (χ3v) is 4.95. The number of rotatable bonds is 7. The smallest absolute Gasteiger partial charge is 0.348 e. The fraction of sp³-hybridized carbons (Fsp3) is 0.316. The molecule has 0 bridgehead atoms. The lowest BCUT2D eigenvalue weighted by Crippen LogP contribution is -2.16. The third kappa shape index (κ3) is 4.85. The molecule has 0 atom stereocenters. The van der Waals surface area contributed by atoms with E-state index in [1.165, 1.54) is 14.2 Å². The molecule has 0 unspecified atom stereocenters. The molecule has 0 saturated heterocycles. The van der Waals surface area contributed by atoms with Gasteiger partial charge in [0.15, 0.2) is 0 Å². The highest BCUT2D eigenvalue weighted by Gasteiger charge is 2.26. The summed E-state index contributed by atoms with van der Waals surface area (Å²) in [5.74, 6) is -0.793. The number of hydrogen-bond donors (Lipinski definition) is 1. The Balaban J connectivity index is 2.20. The molecule has 0 fully saturated rings. The molecular formula is C19H21NO6S. The van der Waals surface area contributed by atoms with Crippen LogP contribution in [0.4, 0.5) is 5.00 Å². The number of ether oxygens (including phenoxy) is 3. The van der Waals surface area contributed by atoms with Gasteiger partial charge in [-0.3, -0.25) is 4.79 Å². The molecule has 1 heterocycles. The maximum atomic E-state index is 12.4. The summed E-state index contributed by atoms with van der Waals surface area (Å²) in [4.78, 5) is 36.6. The molecule has 2 rings (SSSR count). The summed E-state index contributed by atoms with van der Waals surface area (Å²) in [6.45, 7) is 4.07. The van der Waals surface area contributed by atoms with Crippen molar-refractivity contribution in [3.05, 3.63) is 45.8 Å². The van der Waals surface area contributed by atoms with Gasteiger partial charge in [-0.2, -0.15) is 0 Å². The molecule has 0 aliphatic carbocycles. The Morgan fingerprint density at radius 1 is 1.04 bits per heavy atom. The van der Waals surface area contributed by atoms with E-state index < -0.39 is 11.9 Å². The first-order chi connectivity index (χ1) is 12.9. The molecule has 0 aliphatic heterocycles. The maximum absolute atomic E-state index is 12.4. The average Bonchev–Trinajstić information content (AvgIpc) is 2.98. The fourth-order valence-corrected chi connectivity index (χ4v) is 3.59. The highest BCUT2D eigenvalue weighted by Crippen LogP contribution is 2.34. The van der Waals surface area contributed by atoms with Gasteiger partial charge in [0.25, 0.3) is 0 Å². The minimum Gasteiger partial charge on any atom is -0.494 e. The van der Waals surface area contributed by atoms with Crippen LogP contribution in [-0.4, -0.2) is 38.7 Å². The molecule has 1 amide bonds. The lowest BCUT2D eigenvalue weighted by molar-refractivity contribution is -0.115. The Hall–Kier alpha value is -2.87. The summed E-state index contributed by atoms with van der Waals surface area (Å²) in [6.07, 6.45) is 0.109. The van der Waals surface area contributed by atoms with Crippen molar-refractivity contribution in [2.24, 2.45) is 0 Å². The highest BCUT2D eigenvalue weighted by molar-refractivity contribution is 7.18.